The molecule has 3 heterocycles. The fourth-order valence-corrected chi connectivity index (χ4v) is 3.06. The summed E-state index contributed by atoms with van der Waals surface area (Å²) in [6, 6.07) is 8.31. The first kappa shape index (κ1) is 18.1. The lowest BCUT2D eigenvalue weighted by atomic mass is 10.3. The van der Waals surface area contributed by atoms with Crippen LogP contribution in [-0.2, 0) is 4.74 Å². The van der Waals surface area contributed by atoms with E-state index in [1.54, 1.807) is 29.3 Å². The number of carbonyl (C=O) groups is 2. The third-order valence-corrected chi connectivity index (χ3v) is 4.45. The number of para-hydroxylation sites is 1. The number of morpholine rings is 1. The highest BCUT2D eigenvalue weighted by Crippen LogP contribution is 2.21. The maximum Gasteiger partial charge on any atom is 0.292 e. The number of carbonyl (C=O) groups excluding carboxylic acids is 2. The Hall–Kier alpha value is -3.33. The largest absolute Gasteiger partial charge is 0.378 e. The smallest absolute Gasteiger partial charge is 0.292 e. The molecule has 0 spiro atoms. The standard InChI is InChI=1S/C19H16F2N4O3/c20-12-4-3-5-13(21)15(12)23-18(26)17-22-16(14-6-1-2-7-25(14)17)19(27)24-8-10-28-11-9-24/h1-7H,8-11H2,(H,23,26). The Balaban J connectivity index is 1.71. The van der Waals surface area contributed by atoms with Crippen LogP contribution in [0.2, 0.25) is 0 Å². The first-order chi connectivity index (χ1) is 13.6. The second kappa shape index (κ2) is 7.35. The van der Waals surface area contributed by atoms with Gasteiger partial charge in [-0.2, -0.15) is 0 Å². The lowest BCUT2D eigenvalue weighted by Crippen LogP contribution is -2.40. The molecule has 28 heavy (non-hydrogen) atoms. The number of nitrogens with one attached hydrogen (secondary N) is 1. The summed E-state index contributed by atoms with van der Waals surface area (Å²) in [4.78, 5) is 31.3. The molecule has 2 amide bonds. The zero-order chi connectivity index (χ0) is 19.7. The summed E-state index contributed by atoms with van der Waals surface area (Å²) >= 11 is 0. The van der Waals surface area contributed by atoms with Crippen molar-refractivity contribution in [3.05, 3.63) is 65.7 Å². The van der Waals surface area contributed by atoms with E-state index in [0.29, 0.717) is 31.8 Å². The van der Waals surface area contributed by atoms with Crippen molar-refractivity contribution in [2.75, 3.05) is 31.6 Å². The van der Waals surface area contributed by atoms with E-state index in [1.165, 1.54) is 10.5 Å². The fraction of sp³-hybridized carbons (Fsp3) is 0.211. The number of fused-ring (bicyclic) bond motifs is 1. The van der Waals surface area contributed by atoms with Gasteiger partial charge in [-0.05, 0) is 24.3 Å². The molecule has 3 aromatic rings. The van der Waals surface area contributed by atoms with Gasteiger partial charge in [0.05, 0.1) is 18.7 Å². The predicted octanol–water partition coefficient (Wildman–Crippen LogP) is 2.34. The molecule has 1 aliphatic rings. The summed E-state index contributed by atoms with van der Waals surface area (Å²) in [5.74, 6) is -3.11. The van der Waals surface area contributed by atoms with Crippen molar-refractivity contribution in [3.8, 4) is 0 Å². The monoisotopic (exact) mass is 386 g/mol. The van der Waals surface area contributed by atoms with Gasteiger partial charge >= 0.3 is 0 Å². The van der Waals surface area contributed by atoms with Gasteiger partial charge in [-0.25, -0.2) is 13.8 Å². The molecule has 0 aliphatic carbocycles. The van der Waals surface area contributed by atoms with E-state index in [9.17, 15) is 18.4 Å². The summed E-state index contributed by atoms with van der Waals surface area (Å²) in [5, 5.41) is 2.20. The lowest BCUT2D eigenvalue weighted by Gasteiger charge is -2.26. The van der Waals surface area contributed by atoms with Crippen molar-refractivity contribution in [3.63, 3.8) is 0 Å². The highest BCUT2D eigenvalue weighted by Gasteiger charge is 2.27. The van der Waals surface area contributed by atoms with Crippen LogP contribution in [0.4, 0.5) is 14.5 Å². The van der Waals surface area contributed by atoms with Crippen LogP contribution < -0.4 is 5.32 Å². The van der Waals surface area contributed by atoms with E-state index in [4.69, 9.17) is 4.74 Å². The number of ether oxygens (including phenoxy) is 1. The second-order valence-corrected chi connectivity index (χ2v) is 6.20. The first-order valence-electron chi connectivity index (χ1n) is 8.65. The van der Waals surface area contributed by atoms with Gasteiger partial charge in [0.15, 0.2) is 5.69 Å². The molecule has 0 radical (unpaired) electrons. The molecule has 7 nitrogen and oxygen atoms in total. The van der Waals surface area contributed by atoms with Crippen molar-refractivity contribution in [1.82, 2.24) is 14.3 Å². The number of imidazole rings is 1. The Kier molecular flexibility index (Phi) is 4.74. The molecule has 0 bridgehead atoms. The molecule has 1 saturated heterocycles. The summed E-state index contributed by atoms with van der Waals surface area (Å²) in [6.07, 6.45) is 1.56. The Labute approximate surface area is 158 Å². The van der Waals surface area contributed by atoms with Crippen molar-refractivity contribution >= 4 is 23.0 Å². The van der Waals surface area contributed by atoms with Gasteiger partial charge in [0.2, 0.25) is 5.82 Å². The van der Waals surface area contributed by atoms with Gasteiger partial charge in [-0.3, -0.25) is 14.0 Å². The zero-order valence-corrected chi connectivity index (χ0v) is 14.7. The van der Waals surface area contributed by atoms with Crippen LogP contribution >= 0.6 is 0 Å². The highest BCUT2D eigenvalue weighted by atomic mass is 19.1. The molecule has 0 atom stereocenters. The van der Waals surface area contributed by atoms with Crippen LogP contribution in [0.25, 0.3) is 5.52 Å². The molecule has 1 aromatic carbocycles. The van der Waals surface area contributed by atoms with Gasteiger partial charge in [-0.15, -0.1) is 0 Å². The van der Waals surface area contributed by atoms with E-state index in [0.717, 1.165) is 12.1 Å². The normalized spacial score (nSPS) is 14.3. The summed E-state index contributed by atoms with van der Waals surface area (Å²) in [5.41, 5.74) is -0.0407. The number of hydrogen-bond acceptors (Lipinski definition) is 4. The number of benzene rings is 1. The predicted molar refractivity (Wildman–Crippen MR) is 96.2 cm³/mol. The minimum atomic E-state index is -0.904. The number of rotatable bonds is 3. The number of pyridine rings is 1. The number of amides is 2. The van der Waals surface area contributed by atoms with Gasteiger partial charge in [0, 0.05) is 19.3 Å². The molecule has 4 rings (SSSR count). The Morgan fingerprint density at radius 3 is 2.46 bits per heavy atom. The first-order valence-corrected chi connectivity index (χ1v) is 8.65. The van der Waals surface area contributed by atoms with Crippen LogP contribution in [0, 0.1) is 11.6 Å². The minimum absolute atomic E-state index is 0.0988. The summed E-state index contributed by atoms with van der Waals surface area (Å²) in [6.45, 7) is 1.70. The van der Waals surface area contributed by atoms with Crippen LogP contribution in [0.5, 0.6) is 0 Å². The topological polar surface area (TPSA) is 75.9 Å². The van der Waals surface area contributed by atoms with Gasteiger partial charge in [0.1, 0.15) is 17.3 Å². The maximum absolute atomic E-state index is 13.9. The zero-order valence-electron chi connectivity index (χ0n) is 14.7. The molecule has 1 aliphatic heterocycles. The SMILES string of the molecule is O=C(Nc1c(F)cccc1F)c1nc(C(=O)N2CCOCC2)c2ccccn12. The van der Waals surface area contributed by atoms with Gasteiger partial charge in [0.25, 0.3) is 11.8 Å². The molecule has 1 N–H and O–H groups in total. The quantitative estimate of drug-likeness (QED) is 0.750. The number of halogens is 2. The third-order valence-electron chi connectivity index (χ3n) is 4.45. The fourth-order valence-electron chi connectivity index (χ4n) is 3.06. The lowest BCUT2D eigenvalue weighted by molar-refractivity contribution is 0.0300. The Bertz CT molecular complexity index is 1040. The number of nitrogens with zero attached hydrogens (tertiary/aromatic N) is 3. The average molecular weight is 386 g/mol. The third kappa shape index (κ3) is 3.20. The second-order valence-electron chi connectivity index (χ2n) is 6.20. The van der Waals surface area contributed by atoms with Gasteiger partial charge < -0.3 is 15.0 Å². The Morgan fingerprint density at radius 2 is 1.75 bits per heavy atom. The van der Waals surface area contributed by atoms with Crippen LogP contribution in [-0.4, -0.2) is 52.4 Å². The van der Waals surface area contributed by atoms with Crippen LogP contribution in [0.1, 0.15) is 21.1 Å². The molecule has 9 heteroatoms. The van der Waals surface area contributed by atoms with Crippen LogP contribution in [0.3, 0.4) is 0 Å². The number of anilines is 1. The van der Waals surface area contributed by atoms with E-state index >= 15 is 0 Å². The van der Waals surface area contributed by atoms with Crippen LogP contribution in [0.15, 0.2) is 42.6 Å². The summed E-state index contributed by atoms with van der Waals surface area (Å²) < 4.78 is 34.4. The molecular formula is C19H16F2N4O3. The average Bonchev–Trinajstić information content (AvgIpc) is 3.11. The maximum atomic E-state index is 13.9. The molecule has 0 unspecified atom stereocenters. The molecule has 2 aromatic heterocycles. The van der Waals surface area contributed by atoms with E-state index in [2.05, 4.69) is 10.3 Å². The Morgan fingerprint density at radius 1 is 1.04 bits per heavy atom. The number of aromatic nitrogens is 2. The van der Waals surface area contributed by atoms with E-state index < -0.39 is 23.2 Å². The molecule has 0 saturated carbocycles. The molecule has 144 valence electrons. The van der Waals surface area contributed by atoms with Crippen molar-refractivity contribution in [2.45, 2.75) is 0 Å². The summed E-state index contributed by atoms with van der Waals surface area (Å²) in [7, 11) is 0. The highest BCUT2D eigenvalue weighted by molar-refractivity contribution is 6.06. The number of hydrogen-bond donors (Lipinski definition) is 1. The van der Waals surface area contributed by atoms with Crippen molar-refractivity contribution < 1.29 is 23.1 Å². The minimum Gasteiger partial charge on any atom is -0.378 e. The van der Waals surface area contributed by atoms with Crippen molar-refractivity contribution in [2.24, 2.45) is 0 Å². The van der Waals surface area contributed by atoms with Crippen molar-refractivity contribution in [1.29, 1.82) is 0 Å². The van der Waals surface area contributed by atoms with E-state index in [-0.39, 0.29) is 17.4 Å². The molecular weight excluding hydrogens is 370 g/mol. The van der Waals surface area contributed by atoms with Gasteiger partial charge in [-0.1, -0.05) is 12.1 Å². The van der Waals surface area contributed by atoms with E-state index in [1.807, 2.05) is 0 Å². The molecule has 1 fully saturated rings.